The summed E-state index contributed by atoms with van der Waals surface area (Å²) in [5, 5.41) is 0. The van der Waals surface area contributed by atoms with E-state index in [0.29, 0.717) is 38.5 Å². The van der Waals surface area contributed by atoms with Crippen molar-refractivity contribution in [2.24, 2.45) is 17.3 Å². The molecule has 0 spiro atoms. The summed E-state index contributed by atoms with van der Waals surface area (Å²) in [6.07, 6.45) is 3.62. The van der Waals surface area contributed by atoms with Gasteiger partial charge in [-0.05, 0) is 85.5 Å². The van der Waals surface area contributed by atoms with Crippen LogP contribution in [0, 0.1) is 17.3 Å². The third kappa shape index (κ3) is 12.6. The molecule has 0 saturated heterocycles. The highest BCUT2D eigenvalue weighted by molar-refractivity contribution is 5.88. The fraction of sp³-hybridized carbons (Fsp3) is 0.714. The van der Waals surface area contributed by atoms with Gasteiger partial charge in [0.15, 0.2) is 11.5 Å². The van der Waals surface area contributed by atoms with Gasteiger partial charge >= 0.3 is 11.9 Å². The van der Waals surface area contributed by atoms with Gasteiger partial charge in [0.1, 0.15) is 0 Å². The fourth-order valence-electron chi connectivity index (χ4n) is 7.66. The maximum absolute atomic E-state index is 13.6. The summed E-state index contributed by atoms with van der Waals surface area (Å²) in [6.45, 7) is 35.9. The van der Waals surface area contributed by atoms with Crippen molar-refractivity contribution < 1.29 is 66.4 Å². The number of hydrogen-bond acceptors (Lipinski definition) is 14. The number of carbonyl (C=O) groups is 2. The molecule has 360 valence electrons. The molecule has 0 saturated carbocycles. The molecule has 2 unspecified atom stereocenters. The smallest absolute Gasteiger partial charge is 0.338 e. The molecule has 0 bridgehead atoms. The van der Waals surface area contributed by atoms with E-state index in [1.165, 1.54) is 0 Å². The van der Waals surface area contributed by atoms with E-state index in [2.05, 4.69) is 13.2 Å². The van der Waals surface area contributed by atoms with E-state index in [9.17, 15) is 9.59 Å². The number of esters is 2. The van der Waals surface area contributed by atoms with Crippen molar-refractivity contribution in [1.82, 2.24) is 0 Å². The number of carbonyl (C=O) groups excluding carboxylic acids is 2. The van der Waals surface area contributed by atoms with Gasteiger partial charge in [0.2, 0.25) is 46.1 Å². The molecule has 2 atom stereocenters. The topological polar surface area (TPSA) is 145 Å². The second-order valence-corrected chi connectivity index (χ2v) is 15.9. The Morgan fingerprint density at radius 2 is 0.730 bits per heavy atom. The standard InChI is InChI=1S/C49H80O14/c1-17-27-52-35-37(54-29-19-3)41(48(58-23-7,59-24-8)43(56-31-21-5)39(35)62-45(50)33(11)12)47(15,16)42-38(55-30-20-4)36(53-28-18-2)40(63-46(51)34(13)14)44(57-32-22-6)49(42,60-25-9)61-26-10/h41-42H,11,13,17-32H2,1-10,12,14-16H3. The molecule has 2 aliphatic carbocycles. The van der Waals surface area contributed by atoms with Crippen molar-refractivity contribution in [3.63, 3.8) is 0 Å². The molecule has 14 heteroatoms. The van der Waals surface area contributed by atoms with E-state index >= 15 is 0 Å². The Balaban J connectivity index is 3.61. The van der Waals surface area contributed by atoms with E-state index in [-0.39, 0.29) is 123 Å². The van der Waals surface area contributed by atoms with Gasteiger partial charge in [0.05, 0.1) is 51.5 Å². The Morgan fingerprint density at radius 3 is 0.984 bits per heavy atom. The first-order chi connectivity index (χ1) is 30.1. The van der Waals surface area contributed by atoms with Crippen LogP contribution in [0.1, 0.15) is 135 Å². The van der Waals surface area contributed by atoms with E-state index in [0.717, 1.165) is 0 Å². The Kier molecular flexibility index (Phi) is 23.4. The maximum Gasteiger partial charge on any atom is 0.338 e. The molecule has 0 N–H and O–H groups in total. The summed E-state index contributed by atoms with van der Waals surface area (Å²) in [5.41, 5.74) is -0.971. The Morgan fingerprint density at radius 1 is 0.460 bits per heavy atom. The minimum absolute atomic E-state index is 0.0414. The van der Waals surface area contributed by atoms with Gasteiger partial charge < -0.3 is 56.8 Å². The van der Waals surface area contributed by atoms with E-state index in [1.807, 2.05) is 83.1 Å². The van der Waals surface area contributed by atoms with Crippen molar-refractivity contribution >= 4 is 11.9 Å². The molecule has 0 heterocycles. The Labute approximate surface area is 378 Å². The predicted octanol–water partition coefficient (Wildman–Crippen LogP) is 10.5. The molecule has 2 aliphatic rings. The monoisotopic (exact) mass is 893 g/mol. The van der Waals surface area contributed by atoms with Crippen LogP contribution in [0.3, 0.4) is 0 Å². The summed E-state index contributed by atoms with van der Waals surface area (Å²) in [7, 11) is 0. The van der Waals surface area contributed by atoms with Gasteiger partial charge in [-0.25, -0.2) is 9.59 Å². The summed E-state index contributed by atoms with van der Waals surface area (Å²) in [4.78, 5) is 27.3. The third-order valence-corrected chi connectivity index (χ3v) is 9.92. The van der Waals surface area contributed by atoms with Crippen LogP contribution in [0.5, 0.6) is 0 Å². The number of ether oxygens (including phenoxy) is 12. The van der Waals surface area contributed by atoms with Gasteiger partial charge in [-0.1, -0.05) is 68.5 Å². The zero-order valence-electron chi connectivity index (χ0n) is 41.1. The highest BCUT2D eigenvalue weighted by Gasteiger charge is 2.70. The zero-order valence-corrected chi connectivity index (χ0v) is 41.1. The zero-order chi connectivity index (χ0) is 47.4. The lowest BCUT2D eigenvalue weighted by Gasteiger charge is -2.56. The average molecular weight is 893 g/mol. The average Bonchev–Trinajstić information content (AvgIpc) is 3.23. The van der Waals surface area contributed by atoms with Crippen LogP contribution in [0.25, 0.3) is 0 Å². The lowest BCUT2D eigenvalue weighted by molar-refractivity contribution is -0.314. The SMILES string of the molecule is C=C(C)C(=O)OC1=C(OCCC)C(OCC)(OCC)C(C(C)(C)C2C(OCCC)=C(OCCC)C(OC(=O)C(=C)C)=C(OCCC)C2(OCC)OCC)C(OCCC)=C1OCCC. The number of rotatable bonds is 32. The quantitative estimate of drug-likeness (QED) is 0.0359. The molecule has 0 aliphatic heterocycles. The number of hydrogen-bond donors (Lipinski definition) is 0. The van der Waals surface area contributed by atoms with Gasteiger partial charge in [0.25, 0.3) is 0 Å². The highest BCUT2D eigenvalue weighted by atomic mass is 16.7. The highest BCUT2D eigenvalue weighted by Crippen LogP contribution is 2.62. The van der Waals surface area contributed by atoms with Crippen molar-refractivity contribution in [2.75, 3.05) is 66.1 Å². The predicted molar refractivity (Wildman–Crippen MR) is 240 cm³/mol. The van der Waals surface area contributed by atoms with E-state index in [1.54, 1.807) is 13.8 Å². The van der Waals surface area contributed by atoms with Crippen LogP contribution < -0.4 is 0 Å². The summed E-state index contributed by atoms with van der Waals surface area (Å²) >= 11 is 0. The third-order valence-electron chi connectivity index (χ3n) is 9.92. The van der Waals surface area contributed by atoms with Crippen molar-refractivity contribution in [3.05, 3.63) is 70.4 Å². The largest absolute Gasteiger partial charge is 0.493 e. The van der Waals surface area contributed by atoms with Crippen LogP contribution in [0.4, 0.5) is 0 Å². The first kappa shape index (κ1) is 55.2. The van der Waals surface area contributed by atoms with Gasteiger partial charge in [0, 0.05) is 37.6 Å². The molecule has 0 aromatic heterocycles. The summed E-state index contributed by atoms with van der Waals surface area (Å²) in [5.74, 6) is -6.25. The molecule has 0 radical (unpaired) electrons. The molecule has 2 rings (SSSR count). The normalized spacial score (nSPS) is 18.6. The second-order valence-electron chi connectivity index (χ2n) is 15.9. The van der Waals surface area contributed by atoms with Crippen molar-refractivity contribution in [1.29, 1.82) is 0 Å². The molecule has 0 amide bonds. The van der Waals surface area contributed by atoms with Crippen molar-refractivity contribution in [2.45, 2.75) is 147 Å². The molecule has 0 aromatic carbocycles. The molecular formula is C49H80O14. The molecule has 63 heavy (non-hydrogen) atoms. The lowest BCUT2D eigenvalue weighted by Crippen LogP contribution is -2.63. The molecule has 0 fully saturated rings. The van der Waals surface area contributed by atoms with Crippen LogP contribution in [0.2, 0.25) is 0 Å². The molecular weight excluding hydrogens is 813 g/mol. The molecule has 14 nitrogen and oxygen atoms in total. The summed E-state index contributed by atoms with van der Waals surface area (Å²) < 4.78 is 80.8. The first-order valence-corrected chi connectivity index (χ1v) is 23.2. The van der Waals surface area contributed by atoms with Crippen molar-refractivity contribution in [3.8, 4) is 0 Å². The molecule has 0 aromatic rings. The fourth-order valence-corrected chi connectivity index (χ4v) is 7.66. The Hall–Kier alpha value is -3.98. The van der Waals surface area contributed by atoms with E-state index in [4.69, 9.17) is 56.8 Å². The van der Waals surface area contributed by atoms with Crippen LogP contribution in [-0.4, -0.2) is 89.6 Å². The maximum atomic E-state index is 13.6. The van der Waals surface area contributed by atoms with Gasteiger partial charge in [-0.2, -0.15) is 0 Å². The summed E-state index contributed by atoms with van der Waals surface area (Å²) in [6, 6.07) is 0. The van der Waals surface area contributed by atoms with Crippen LogP contribution >= 0.6 is 0 Å². The van der Waals surface area contributed by atoms with Crippen LogP contribution in [-0.2, 0) is 66.4 Å². The minimum atomic E-state index is -1.86. The van der Waals surface area contributed by atoms with E-state index < -0.39 is 40.8 Å². The first-order valence-electron chi connectivity index (χ1n) is 23.2. The van der Waals surface area contributed by atoms with Crippen LogP contribution in [0.15, 0.2) is 70.4 Å². The lowest BCUT2D eigenvalue weighted by atomic mass is 9.59. The second kappa shape index (κ2) is 26.7. The minimum Gasteiger partial charge on any atom is -0.493 e. The Bertz CT molecular complexity index is 1520. The van der Waals surface area contributed by atoms with Gasteiger partial charge in [-0.3, -0.25) is 0 Å². The van der Waals surface area contributed by atoms with Gasteiger partial charge in [-0.15, -0.1) is 0 Å².